The van der Waals surface area contributed by atoms with Crippen LogP contribution in [-0.2, 0) is 17.7 Å². The zero-order valence-electron chi connectivity index (χ0n) is 18.9. The molecule has 2 unspecified atom stereocenters. The Kier molecular flexibility index (Phi) is 7.48. The van der Waals surface area contributed by atoms with Gasteiger partial charge in [0.2, 0.25) is 5.76 Å². The quantitative estimate of drug-likeness (QED) is 0.279. The van der Waals surface area contributed by atoms with Crippen LogP contribution in [0.3, 0.4) is 0 Å². The molecule has 4 rings (SSSR count). The first-order chi connectivity index (χ1) is 16.0. The summed E-state index contributed by atoms with van der Waals surface area (Å²) in [6.45, 7) is 5.02. The lowest BCUT2D eigenvalue weighted by molar-refractivity contribution is 0.0488. The van der Waals surface area contributed by atoms with E-state index in [1.54, 1.807) is 13.0 Å². The van der Waals surface area contributed by atoms with Gasteiger partial charge in [0.05, 0.1) is 6.61 Å². The Morgan fingerprint density at radius 3 is 2.52 bits per heavy atom. The average molecular weight is 462 g/mol. The van der Waals surface area contributed by atoms with Crippen LogP contribution in [0.5, 0.6) is 0 Å². The van der Waals surface area contributed by atoms with Crippen molar-refractivity contribution in [2.75, 3.05) is 6.61 Å². The highest BCUT2D eigenvalue weighted by Gasteiger charge is 2.22. The lowest BCUT2D eigenvalue weighted by Gasteiger charge is -2.25. The molecular formula is C28H28ClNO3. The molecule has 0 aliphatic carbocycles. The maximum Gasteiger partial charge on any atom is 0.374 e. The van der Waals surface area contributed by atoms with E-state index in [1.807, 2.05) is 18.2 Å². The Labute approximate surface area is 199 Å². The van der Waals surface area contributed by atoms with Gasteiger partial charge in [-0.25, -0.2) is 4.79 Å². The van der Waals surface area contributed by atoms with Crippen molar-refractivity contribution in [3.8, 4) is 0 Å². The van der Waals surface area contributed by atoms with Crippen LogP contribution in [0.4, 0.5) is 0 Å². The number of halogens is 1. The third-order valence-corrected chi connectivity index (χ3v) is 6.16. The molecule has 0 amide bonds. The van der Waals surface area contributed by atoms with Gasteiger partial charge in [-0.3, -0.25) is 0 Å². The number of nitrogens with one attached hydrogen (secondary N) is 1. The highest BCUT2D eigenvalue weighted by molar-refractivity contribution is 6.30. The van der Waals surface area contributed by atoms with Gasteiger partial charge in [0.1, 0.15) is 5.76 Å². The second kappa shape index (κ2) is 10.7. The number of carbonyl (C=O) groups is 1. The van der Waals surface area contributed by atoms with Gasteiger partial charge in [0.25, 0.3) is 0 Å². The first kappa shape index (κ1) is 23.1. The van der Waals surface area contributed by atoms with Gasteiger partial charge in [-0.1, -0.05) is 60.1 Å². The Morgan fingerprint density at radius 1 is 1.00 bits per heavy atom. The summed E-state index contributed by atoms with van der Waals surface area (Å²) in [5.74, 6) is 0.675. The van der Waals surface area contributed by atoms with Crippen molar-refractivity contribution < 1.29 is 13.9 Å². The van der Waals surface area contributed by atoms with E-state index in [0.717, 1.165) is 17.9 Å². The van der Waals surface area contributed by atoms with E-state index < -0.39 is 5.97 Å². The topological polar surface area (TPSA) is 51.5 Å². The van der Waals surface area contributed by atoms with Crippen molar-refractivity contribution in [2.45, 2.75) is 38.8 Å². The van der Waals surface area contributed by atoms with Crippen molar-refractivity contribution in [3.05, 3.63) is 107 Å². The van der Waals surface area contributed by atoms with Crippen LogP contribution >= 0.6 is 11.6 Å². The lowest BCUT2D eigenvalue weighted by Crippen LogP contribution is -2.33. The summed E-state index contributed by atoms with van der Waals surface area (Å²) < 4.78 is 10.9. The van der Waals surface area contributed by atoms with E-state index in [0.29, 0.717) is 18.1 Å². The van der Waals surface area contributed by atoms with Crippen LogP contribution in [0.25, 0.3) is 10.8 Å². The highest BCUT2D eigenvalue weighted by atomic mass is 35.5. The first-order valence-electron chi connectivity index (χ1n) is 11.3. The summed E-state index contributed by atoms with van der Waals surface area (Å²) >= 11 is 6.13. The number of benzene rings is 3. The normalized spacial score (nSPS) is 13.1. The fraction of sp³-hybridized carbons (Fsp3) is 0.250. The molecule has 1 aromatic heterocycles. The molecule has 170 valence electrons. The van der Waals surface area contributed by atoms with Crippen molar-refractivity contribution >= 4 is 28.3 Å². The summed E-state index contributed by atoms with van der Waals surface area (Å²) in [6, 6.07) is 26.5. The Balaban J connectivity index is 1.51. The van der Waals surface area contributed by atoms with Crippen LogP contribution in [0.15, 0.2) is 83.3 Å². The van der Waals surface area contributed by atoms with Crippen molar-refractivity contribution in [3.63, 3.8) is 0 Å². The van der Waals surface area contributed by atoms with E-state index in [4.69, 9.17) is 20.8 Å². The Hall–Kier alpha value is -3.08. The SMILES string of the molecule is CCOC(=O)c1ccc(CC(c2ccc(Cl)cc2)C(C)NCc2ccc3ccccc3c2)o1. The highest BCUT2D eigenvalue weighted by Crippen LogP contribution is 2.27. The summed E-state index contributed by atoms with van der Waals surface area (Å²) in [7, 11) is 0. The van der Waals surface area contributed by atoms with Crippen molar-refractivity contribution in [1.82, 2.24) is 5.32 Å². The monoisotopic (exact) mass is 461 g/mol. The molecule has 33 heavy (non-hydrogen) atoms. The minimum Gasteiger partial charge on any atom is -0.460 e. The summed E-state index contributed by atoms with van der Waals surface area (Å²) in [6.07, 6.45) is 0.646. The predicted octanol–water partition coefficient (Wildman–Crippen LogP) is 6.77. The zero-order valence-corrected chi connectivity index (χ0v) is 19.6. The Morgan fingerprint density at radius 2 is 1.76 bits per heavy atom. The summed E-state index contributed by atoms with van der Waals surface area (Å²) in [4.78, 5) is 12.0. The standard InChI is InChI=1S/C28H28ClNO3/c1-3-32-28(31)27-15-14-25(33-27)17-26(22-10-12-24(29)13-11-22)19(2)30-18-20-8-9-21-6-4-5-7-23(21)16-20/h4-16,19,26,30H,3,17-18H2,1-2H3. The molecule has 0 aliphatic heterocycles. The number of carbonyl (C=O) groups excluding carboxylic acids is 1. The number of furan rings is 1. The fourth-order valence-electron chi connectivity index (χ4n) is 4.08. The molecule has 4 nitrogen and oxygen atoms in total. The van der Waals surface area contributed by atoms with E-state index in [9.17, 15) is 4.79 Å². The molecule has 0 bridgehead atoms. The number of hydrogen-bond donors (Lipinski definition) is 1. The third-order valence-electron chi connectivity index (χ3n) is 5.90. The van der Waals surface area contributed by atoms with Gasteiger partial charge in [-0.05, 0) is 66.1 Å². The van der Waals surface area contributed by atoms with Gasteiger partial charge in [0, 0.05) is 29.9 Å². The number of rotatable bonds is 9. The second-order valence-electron chi connectivity index (χ2n) is 8.20. The van der Waals surface area contributed by atoms with Gasteiger partial charge in [-0.2, -0.15) is 0 Å². The molecule has 0 saturated carbocycles. The Bertz CT molecular complexity index is 1220. The van der Waals surface area contributed by atoms with Crippen molar-refractivity contribution in [1.29, 1.82) is 0 Å². The molecular weight excluding hydrogens is 434 g/mol. The minimum absolute atomic E-state index is 0.129. The van der Waals surface area contributed by atoms with Crippen LogP contribution in [-0.4, -0.2) is 18.6 Å². The lowest BCUT2D eigenvalue weighted by atomic mass is 9.88. The van der Waals surface area contributed by atoms with Crippen LogP contribution in [0.1, 0.15) is 47.2 Å². The second-order valence-corrected chi connectivity index (χ2v) is 8.64. The van der Waals surface area contributed by atoms with Crippen molar-refractivity contribution in [2.24, 2.45) is 0 Å². The number of fused-ring (bicyclic) bond motifs is 1. The summed E-state index contributed by atoms with van der Waals surface area (Å²) in [5.41, 5.74) is 2.39. The van der Waals surface area contributed by atoms with Crippen LogP contribution < -0.4 is 5.32 Å². The molecule has 0 aliphatic rings. The first-order valence-corrected chi connectivity index (χ1v) is 11.6. The molecule has 3 aromatic carbocycles. The molecule has 0 radical (unpaired) electrons. The van der Waals surface area contributed by atoms with Gasteiger partial charge >= 0.3 is 5.97 Å². The van der Waals surface area contributed by atoms with Gasteiger partial charge in [-0.15, -0.1) is 0 Å². The van der Waals surface area contributed by atoms with Gasteiger partial charge < -0.3 is 14.5 Å². The van der Waals surface area contributed by atoms with E-state index in [-0.39, 0.29) is 17.7 Å². The molecule has 4 aromatic rings. The minimum atomic E-state index is -0.436. The van der Waals surface area contributed by atoms with E-state index >= 15 is 0 Å². The number of hydrogen-bond acceptors (Lipinski definition) is 4. The third kappa shape index (κ3) is 5.84. The maximum absolute atomic E-state index is 12.0. The van der Waals surface area contributed by atoms with Gasteiger partial charge in [0.15, 0.2) is 0 Å². The van der Waals surface area contributed by atoms with Crippen LogP contribution in [0.2, 0.25) is 5.02 Å². The molecule has 1 heterocycles. The zero-order chi connectivity index (χ0) is 23.2. The molecule has 0 saturated heterocycles. The number of ether oxygens (including phenoxy) is 1. The maximum atomic E-state index is 12.0. The largest absolute Gasteiger partial charge is 0.460 e. The smallest absolute Gasteiger partial charge is 0.374 e. The van der Waals surface area contributed by atoms with E-state index in [1.165, 1.54) is 16.3 Å². The summed E-state index contributed by atoms with van der Waals surface area (Å²) in [5, 5.41) is 6.86. The molecule has 1 N–H and O–H groups in total. The molecule has 0 spiro atoms. The van der Waals surface area contributed by atoms with E-state index in [2.05, 4.69) is 66.8 Å². The average Bonchev–Trinajstić information content (AvgIpc) is 3.31. The fourth-order valence-corrected chi connectivity index (χ4v) is 4.21. The molecule has 2 atom stereocenters. The molecule has 5 heteroatoms. The van der Waals surface area contributed by atoms with Crippen LogP contribution in [0, 0.1) is 0 Å². The number of esters is 1. The predicted molar refractivity (Wildman–Crippen MR) is 133 cm³/mol. The molecule has 0 fully saturated rings.